The van der Waals surface area contributed by atoms with E-state index in [9.17, 15) is 13.5 Å². The molecule has 2 aliphatic heterocycles. The summed E-state index contributed by atoms with van der Waals surface area (Å²) in [5, 5.41) is 13.3. The molecule has 118 valence electrons. The van der Waals surface area contributed by atoms with Crippen LogP contribution in [0.5, 0.6) is 0 Å². The Bertz CT molecular complexity index is 393. The van der Waals surface area contributed by atoms with E-state index >= 15 is 0 Å². The number of aliphatic hydroxyl groups excluding tert-OH is 1. The van der Waals surface area contributed by atoms with Crippen LogP contribution in [0.25, 0.3) is 0 Å². The molecule has 0 radical (unpaired) electrons. The first-order valence-corrected chi connectivity index (χ1v) is 9.16. The van der Waals surface area contributed by atoms with Gasteiger partial charge in [-0.25, -0.2) is 8.42 Å². The minimum atomic E-state index is -3.05. The molecule has 2 fully saturated rings. The van der Waals surface area contributed by atoms with Gasteiger partial charge in [0.15, 0.2) is 9.84 Å². The molecule has 0 amide bonds. The topological polar surface area (TPSA) is 78.9 Å². The van der Waals surface area contributed by atoms with Crippen LogP contribution in [0.4, 0.5) is 0 Å². The summed E-state index contributed by atoms with van der Waals surface area (Å²) in [5.41, 5.74) is 0. The number of nitrogens with one attached hydrogen (secondary N) is 1. The number of hydrogen-bond donors (Lipinski definition) is 2. The Morgan fingerprint density at radius 2 is 2.00 bits per heavy atom. The molecule has 20 heavy (non-hydrogen) atoms. The highest BCUT2D eigenvalue weighted by Crippen LogP contribution is 2.24. The third-order valence-corrected chi connectivity index (χ3v) is 6.03. The van der Waals surface area contributed by atoms with Gasteiger partial charge in [0.1, 0.15) is 0 Å². The van der Waals surface area contributed by atoms with Crippen molar-refractivity contribution < 1.29 is 18.3 Å². The van der Waals surface area contributed by atoms with E-state index in [4.69, 9.17) is 4.74 Å². The molecule has 6 nitrogen and oxygen atoms in total. The maximum Gasteiger partial charge on any atom is 0.154 e. The standard InChI is InChI=1S/C13H26N2O4S/c1-19-7-4-14-8-11-2-5-15(6-3-11)12-9-20(17,18)10-13(12)16/h11-14,16H,2-10H2,1H3. The highest BCUT2D eigenvalue weighted by atomic mass is 32.2. The molecule has 0 aromatic rings. The van der Waals surface area contributed by atoms with Gasteiger partial charge in [0, 0.05) is 13.7 Å². The number of aliphatic hydroxyl groups is 1. The number of sulfone groups is 1. The Morgan fingerprint density at radius 3 is 2.55 bits per heavy atom. The largest absolute Gasteiger partial charge is 0.390 e. The third kappa shape index (κ3) is 4.39. The lowest BCUT2D eigenvalue weighted by atomic mass is 9.95. The van der Waals surface area contributed by atoms with Crippen molar-refractivity contribution in [1.29, 1.82) is 0 Å². The molecule has 0 bridgehead atoms. The second-order valence-corrected chi connectivity index (χ2v) is 8.04. The average Bonchev–Trinajstić information content (AvgIpc) is 2.69. The summed E-state index contributed by atoms with van der Waals surface area (Å²) in [6.07, 6.45) is 1.41. The average molecular weight is 306 g/mol. The fourth-order valence-electron chi connectivity index (χ4n) is 3.13. The van der Waals surface area contributed by atoms with Crippen molar-refractivity contribution in [2.24, 2.45) is 5.92 Å². The van der Waals surface area contributed by atoms with Crippen molar-refractivity contribution >= 4 is 9.84 Å². The first-order valence-electron chi connectivity index (χ1n) is 7.34. The molecular formula is C13H26N2O4S. The van der Waals surface area contributed by atoms with Gasteiger partial charge in [-0.05, 0) is 38.4 Å². The van der Waals surface area contributed by atoms with Crippen LogP contribution in [-0.4, -0.2) is 82.0 Å². The quantitative estimate of drug-likeness (QED) is 0.619. The number of methoxy groups -OCH3 is 1. The Balaban J connectivity index is 1.72. The Hall–Kier alpha value is -0.210. The second-order valence-electron chi connectivity index (χ2n) is 5.89. The van der Waals surface area contributed by atoms with Gasteiger partial charge in [0.25, 0.3) is 0 Å². The van der Waals surface area contributed by atoms with Crippen LogP contribution in [0.1, 0.15) is 12.8 Å². The van der Waals surface area contributed by atoms with Crippen LogP contribution in [0.3, 0.4) is 0 Å². The monoisotopic (exact) mass is 306 g/mol. The van der Waals surface area contributed by atoms with E-state index in [2.05, 4.69) is 10.2 Å². The molecular weight excluding hydrogens is 280 g/mol. The summed E-state index contributed by atoms with van der Waals surface area (Å²) in [7, 11) is -1.35. The van der Waals surface area contributed by atoms with Crippen LogP contribution in [-0.2, 0) is 14.6 Å². The van der Waals surface area contributed by atoms with Gasteiger partial charge in [-0.2, -0.15) is 0 Å². The minimum Gasteiger partial charge on any atom is -0.390 e. The van der Waals surface area contributed by atoms with Crippen LogP contribution < -0.4 is 5.32 Å². The lowest BCUT2D eigenvalue weighted by molar-refractivity contribution is 0.0584. The van der Waals surface area contributed by atoms with Crippen molar-refractivity contribution in [1.82, 2.24) is 10.2 Å². The summed E-state index contributed by atoms with van der Waals surface area (Å²) in [6.45, 7) is 4.35. The molecule has 0 aromatic carbocycles. The van der Waals surface area contributed by atoms with Gasteiger partial charge >= 0.3 is 0 Å². The van der Waals surface area contributed by atoms with E-state index in [1.54, 1.807) is 7.11 Å². The van der Waals surface area contributed by atoms with Crippen molar-refractivity contribution in [2.45, 2.75) is 25.0 Å². The zero-order valence-electron chi connectivity index (χ0n) is 12.1. The van der Waals surface area contributed by atoms with E-state index in [-0.39, 0.29) is 17.5 Å². The SMILES string of the molecule is COCCNCC1CCN(C2CS(=O)(=O)CC2O)CC1. The number of hydrogen-bond acceptors (Lipinski definition) is 6. The number of likely N-dealkylation sites (tertiary alicyclic amines) is 1. The van der Waals surface area contributed by atoms with E-state index < -0.39 is 15.9 Å². The molecule has 2 rings (SSSR count). The van der Waals surface area contributed by atoms with Gasteiger partial charge in [-0.15, -0.1) is 0 Å². The maximum atomic E-state index is 11.6. The molecule has 0 spiro atoms. The molecule has 2 atom stereocenters. The summed E-state index contributed by atoms with van der Waals surface area (Å²) < 4.78 is 28.1. The zero-order valence-corrected chi connectivity index (χ0v) is 12.9. The summed E-state index contributed by atoms with van der Waals surface area (Å²) in [6, 6.07) is -0.192. The Morgan fingerprint density at radius 1 is 1.30 bits per heavy atom. The van der Waals surface area contributed by atoms with Gasteiger partial charge in [0.2, 0.25) is 0 Å². The van der Waals surface area contributed by atoms with E-state index in [0.29, 0.717) is 5.92 Å². The van der Waals surface area contributed by atoms with E-state index in [1.807, 2.05) is 0 Å². The molecule has 2 N–H and O–H groups in total. The summed E-state index contributed by atoms with van der Waals surface area (Å²) >= 11 is 0. The summed E-state index contributed by atoms with van der Waals surface area (Å²) in [4.78, 5) is 2.15. The first-order chi connectivity index (χ1) is 9.52. The van der Waals surface area contributed by atoms with Crippen molar-refractivity contribution in [3.8, 4) is 0 Å². The van der Waals surface area contributed by atoms with Gasteiger partial charge < -0.3 is 15.2 Å². The number of piperidine rings is 1. The van der Waals surface area contributed by atoms with Crippen molar-refractivity contribution in [3.63, 3.8) is 0 Å². The zero-order chi connectivity index (χ0) is 14.6. The molecule has 0 aliphatic carbocycles. The number of rotatable bonds is 6. The van der Waals surface area contributed by atoms with E-state index in [1.165, 1.54) is 0 Å². The lowest BCUT2D eigenvalue weighted by Gasteiger charge is -2.36. The minimum absolute atomic E-state index is 0.0732. The van der Waals surface area contributed by atoms with Crippen LogP contribution >= 0.6 is 0 Å². The van der Waals surface area contributed by atoms with Gasteiger partial charge in [-0.3, -0.25) is 4.90 Å². The van der Waals surface area contributed by atoms with Crippen LogP contribution in [0, 0.1) is 5.92 Å². The number of ether oxygens (including phenoxy) is 1. The van der Waals surface area contributed by atoms with Crippen LogP contribution in [0.2, 0.25) is 0 Å². The highest BCUT2D eigenvalue weighted by Gasteiger charge is 2.40. The number of nitrogens with zero attached hydrogens (tertiary/aromatic N) is 1. The van der Waals surface area contributed by atoms with Gasteiger partial charge in [0.05, 0.1) is 30.3 Å². The lowest BCUT2D eigenvalue weighted by Crippen LogP contribution is -2.48. The van der Waals surface area contributed by atoms with Gasteiger partial charge in [-0.1, -0.05) is 0 Å². The van der Waals surface area contributed by atoms with Crippen molar-refractivity contribution in [3.05, 3.63) is 0 Å². The normalized spacial score (nSPS) is 31.7. The predicted molar refractivity (Wildman–Crippen MR) is 77.5 cm³/mol. The molecule has 7 heteroatoms. The molecule has 0 saturated carbocycles. The highest BCUT2D eigenvalue weighted by molar-refractivity contribution is 7.91. The third-order valence-electron chi connectivity index (χ3n) is 4.33. The fourth-order valence-corrected chi connectivity index (χ4v) is 4.96. The second kappa shape index (κ2) is 7.17. The smallest absolute Gasteiger partial charge is 0.154 e. The Labute approximate surface area is 121 Å². The molecule has 2 unspecified atom stereocenters. The Kier molecular flexibility index (Phi) is 5.80. The summed E-state index contributed by atoms with van der Waals surface area (Å²) in [5.74, 6) is 0.680. The van der Waals surface area contributed by atoms with Crippen LogP contribution in [0.15, 0.2) is 0 Å². The predicted octanol–water partition coefficient (Wildman–Crippen LogP) is -0.908. The maximum absolute atomic E-state index is 11.6. The first kappa shape index (κ1) is 16.2. The van der Waals surface area contributed by atoms with Crippen molar-refractivity contribution in [2.75, 3.05) is 51.4 Å². The molecule has 2 heterocycles. The fraction of sp³-hybridized carbons (Fsp3) is 1.00. The molecule has 0 aromatic heterocycles. The van der Waals surface area contributed by atoms with E-state index in [0.717, 1.165) is 45.6 Å². The molecule has 2 saturated heterocycles. The molecule has 2 aliphatic rings.